The second-order valence-electron chi connectivity index (χ2n) is 4.24. The van der Waals surface area contributed by atoms with Gasteiger partial charge in [0.15, 0.2) is 5.76 Å². The number of hydrogen-bond donors (Lipinski definition) is 1. The van der Waals surface area contributed by atoms with Crippen LogP contribution < -0.4 is 5.14 Å². The minimum Gasteiger partial charge on any atom is -0.455 e. The average Bonchev–Trinajstić information content (AvgIpc) is 3.05. The Kier molecular flexibility index (Phi) is 3.07. The molecular formula is C12H10N4O4S. The van der Waals surface area contributed by atoms with E-state index in [1.807, 2.05) is 0 Å². The number of rotatable bonds is 3. The molecule has 0 aliphatic carbocycles. The van der Waals surface area contributed by atoms with E-state index in [4.69, 9.17) is 14.1 Å². The predicted molar refractivity (Wildman–Crippen MR) is 71.3 cm³/mol. The van der Waals surface area contributed by atoms with Crippen LogP contribution in [0.2, 0.25) is 0 Å². The lowest BCUT2D eigenvalue weighted by Crippen LogP contribution is -2.12. The highest BCUT2D eigenvalue weighted by Gasteiger charge is 2.21. The summed E-state index contributed by atoms with van der Waals surface area (Å²) < 4.78 is 33.1. The molecule has 0 radical (unpaired) electrons. The van der Waals surface area contributed by atoms with E-state index in [9.17, 15) is 8.42 Å². The summed E-state index contributed by atoms with van der Waals surface area (Å²) in [5.41, 5.74) is 0.718. The molecule has 0 aliphatic rings. The van der Waals surface area contributed by atoms with E-state index in [0.717, 1.165) is 5.56 Å². The molecule has 0 unspecified atom stereocenters. The van der Waals surface area contributed by atoms with Crippen LogP contribution in [0.1, 0.15) is 5.76 Å². The fourth-order valence-corrected chi connectivity index (χ4v) is 2.51. The van der Waals surface area contributed by atoms with Crippen molar-refractivity contribution < 1.29 is 17.4 Å². The first kappa shape index (κ1) is 13.5. The van der Waals surface area contributed by atoms with Gasteiger partial charge in [0.05, 0.1) is 0 Å². The number of nitrogens with zero attached hydrogens (tertiary/aromatic N) is 3. The second-order valence-corrected chi connectivity index (χ2v) is 5.76. The van der Waals surface area contributed by atoms with E-state index >= 15 is 0 Å². The molecule has 3 aromatic heterocycles. The van der Waals surface area contributed by atoms with E-state index in [2.05, 4.69) is 15.1 Å². The topological polar surface area (TPSA) is 125 Å². The van der Waals surface area contributed by atoms with Crippen molar-refractivity contribution in [1.29, 1.82) is 0 Å². The van der Waals surface area contributed by atoms with Gasteiger partial charge in [0.1, 0.15) is 10.7 Å². The van der Waals surface area contributed by atoms with Crippen LogP contribution in [0, 0.1) is 6.92 Å². The van der Waals surface area contributed by atoms with Gasteiger partial charge in [-0.1, -0.05) is 5.16 Å². The summed E-state index contributed by atoms with van der Waals surface area (Å²) in [7, 11) is -3.86. The molecule has 0 bridgehead atoms. The molecule has 3 heterocycles. The second kappa shape index (κ2) is 4.79. The summed E-state index contributed by atoms with van der Waals surface area (Å²) in [5, 5.41) is 8.89. The summed E-state index contributed by atoms with van der Waals surface area (Å²) in [6.07, 6.45) is 3.20. The summed E-state index contributed by atoms with van der Waals surface area (Å²) in [6.45, 7) is 1.49. The monoisotopic (exact) mass is 306 g/mol. The van der Waals surface area contributed by atoms with E-state index in [1.54, 1.807) is 24.5 Å². The van der Waals surface area contributed by atoms with Crippen molar-refractivity contribution >= 4 is 10.0 Å². The number of sulfonamides is 1. The molecule has 0 aliphatic heterocycles. The summed E-state index contributed by atoms with van der Waals surface area (Å²) in [6, 6.07) is 4.70. The van der Waals surface area contributed by atoms with Crippen molar-refractivity contribution in [2.75, 3.05) is 0 Å². The van der Waals surface area contributed by atoms with Gasteiger partial charge in [-0.3, -0.25) is 4.98 Å². The first-order chi connectivity index (χ1) is 9.95. The Hall–Kier alpha value is -2.52. The molecule has 0 aromatic carbocycles. The molecule has 0 saturated heterocycles. The predicted octanol–water partition coefficient (Wildman–Crippen LogP) is 1.35. The molecule has 108 valence electrons. The lowest BCUT2D eigenvalue weighted by molar-refractivity contribution is 0.413. The molecule has 8 nitrogen and oxygen atoms in total. The zero-order valence-corrected chi connectivity index (χ0v) is 11.7. The largest absolute Gasteiger partial charge is 0.455 e. The van der Waals surface area contributed by atoms with Gasteiger partial charge in [-0.15, -0.1) is 0 Å². The van der Waals surface area contributed by atoms with Crippen molar-refractivity contribution in [2.24, 2.45) is 5.14 Å². The van der Waals surface area contributed by atoms with Gasteiger partial charge >= 0.3 is 0 Å². The van der Waals surface area contributed by atoms with Gasteiger partial charge in [0.2, 0.25) is 15.8 Å². The molecule has 21 heavy (non-hydrogen) atoms. The smallest absolute Gasteiger partial charge is 0.293 e. The average molecular weight is 306 g/mol. The summed E-state index contributed by atoms with van der Waals surface area (Å²) >= 11 is 0. The SMILES string of the molecule is Cc1oc(-c2nc(-c3ccncc3)no2)cc1S(N)(=O)=O. The van der Waals surface area contributed by atoms with Gasteiger partial charge < -0.3 is 8.94 Å². The quantitative estimate of drug-likeness (QED) is 0.774. The molecule has 3 rings (SSSR count). The third-order valence-electron chi connectivity index (χ3n) is 2.75. The van der Waals surface area contributed by atoms with E-state index < -0.39 is 10.0 Å². The molecule has 3 aromatic rings. The summed E-state index contributed by atoms with van der Waals surface area (Å²) in [5.74, 6) is 0.721. The first-order valence-corrected chi connectivity index (χ1v) is 7.37. The molecular weight excluding hydrogens is 296 g/mol. The highest BCUT2D eigenvalue weighted by molar-refractivity contribution is 7.89. The molecule has 0 saturated carbocycles. The van der Waals surface area contributed by atoms with Crippen LogP contribution in [0.15, 0.2) is 44.4 Å². The Morgan fingerprint density at radius 2 is 1.95 bits per heavy atom. The van der Waals surface area contributed by atoms with E-state index in [1.165, 1.54) is 13.0 Å². The van der Waals surface area contributed by atoms with Gasteiger partial charge in [-0.2, -0.15) is 4.98 Å². The maximum atomic E-state index is 11.4. The fourth-order valence-electron chi connectivity index (χ4n) is 1.80. The number of pyridine rings is 1. The number of aromatic nitrogens is 3. The Morgan fingerprint density at radius 3 is 2.57 bits per heavy atom. The fraction of sp³-hybridized carbons (Fsp3) is 0.0833. The minimum absolute atomic E-state index is 0.0693. The number of furan rings is 1. The number of primary sulfonamides is 1. The lowest BCUT2D eigenvalue weighted by Gasteiger charge is -1.90. The van der Waals surface area contributed by atoms with Crippen LogP contribution in [-0.2, 0) is 10.0 Å². The van der Waals surface area contributed by atoms with Crippen molar-refractivity contribution in [3.63, 3.8) is 0 Å². The Labute approximate surface area is 119 Å². The highest BCUT2D eigenvalue weighted by Crippen LogP contribution is 2.27. The van der Waals surface area contributed by atoms with Crippen LogP contribution in [-0.4, -0.2) is 23.5 Å². The van der Waals surface area contributed by atoms with Crippen LogP contribution in [0.3, 0.4) is 0 Å². The normalized spacial score (nSPS) is 11.7. The zero-order chi connectivity index (χ0) is 15.0. The van der Waals surface area contributed by atoms with Crippen LogP contribution in [0.4, 0.5) is 0 Å². The Morgan fingerprint density at radius 1 is 1.24 bits per heavy atom. The molecule has 0 spiro atoms. The van der Waals surface area contributed by atoms with E-state index in [0.29, 0.717) is 5.82 Å². The van der Waals surface area contributed by atoms with Gasteiger partial charge in [0, 0.05) is 24.0 Å². The third-order valence-corrected chi connectivity index (χ3v) is 3.77. The van der Waals surface area contributed by atoms with Crippen molar-refractivity contribution in [1.82, 2.24) is 15.1 Å². The van der Waals surface area contributed by atoms with Crippen LogP contribution >= 0.6 is 0 Å². The van der Waals surface area contributed by atoms with Gasteiger partial charge in [-0.25, -0.2) is 13.6 Å². The van der Waals surface area contributed by atoms with Crippen molar-refractivity contribution in [3.05, 3.63) is 36.4 Å². The Balaban J connectivity index is 2.02. The maximum absolute atomic E-state index is 11.4. The minimum atomic E-state index is -3.86. The molecule has 0 atom stereocenters. The number of nitrogens with two attached hydrogens (primary N) is 1. The van der Waals surface area contributed by atoms with Crippen LogP contribution in [0.25, 0.3) is 23.0 Å². The maximum Gasteiger partial charge on any atom is 0.293 e. The molecule has 9 heteroatoms. The van der Waals surface area contributed by atoms with Crippen molar-refractivity contribution in [3.8, 4) is 23.0 Å². The van der Waals surface area contributed by atoms with Gasteiger partial charge in [0.25, 0.3) is 5.89 Å². The number of aryl methyl sites for hydroxylation is 1. The first-order valence-electron chi connectivity index (χ1n) is 5.83. The van der Waals surface area contributed by atoms with Crippen LogP contribution in [0.5, 0.6) is 0 Å². The standard InChI is InChI=1S/C12H10N4O4S/c1-7-10(21(13,17)18)6-9(19-7)12-15-11(16-20-12)8-2-4-14-5-3-8/h2-6H,1H3,(H2,13,17,18). The molecule has 0 amide bonds. The zero-order valence-electron chi connectivity index (χ0n) is 10.8. The van der Waals surface area contributed by atoms with Crippen molar-refractivity contribution in [2.45, 2.75) is 11.8 Å². The molecule has 2 N–H and O–H groups in total. The number of hydrogen-bond acceptors (Lipinski definition) is 7. The Bertz CT molecular complexity index is 883. The summed E-state index contributed by atoms with van der Waals surface area (Å²) in [4.78, 5) is 7.93. The third kappa shape index (κ3) is 2.56. The lowest BCUT2D eigenvalue weighted by atomic mass is 10.2. The van der Waals surface area contributed by atoms with Gasteiger partial charge in [-0.05, 0) is 19.1 Å². The van der Waals surface area contributed by atoms with E-state index in [-0.39, 0.29) is 22.3 Å². The molecule has 0 fully saturated rings. The highest BCUT2D eigenvalue weighted by atomic mass is 32.2.